The monoisotopic (exact) mass is 414 g/mol. The van der Waals surface area contributed by atoms with Gasteiger partial charge in [0.2, 0.25) is 0 Å². The number of nitrogens with one attached hydrogen (secondary N) is 1. The Kier molecular flexibility index (Phi) is 2.91. The van der Waals surface area contributed by atoms with Crippen LogP contribution in [-0.2, 0) is 18.3 Å². The first-order valence-corrected chi connectivity index (χ1v) is 11.7. The lowest BCUT2D eigenvalue weighted by molar-refractivity contribution is -0.173. The molecule has 1 unspecified atom stereocenters. The molecule has 2 bridgehead atoms. The van der Waals surface area contributed by atoms with E-state index in [0.29, 0.717) is 12.2 Å². The fourth-order valence-electron chi connectivity index (χ4n) is 7.57. The van der Waals surface area contributed by atoms with Crippen LogP contribution in [0.15, 0.2) is 36.4 Å². The highest BCUT2D eigenvalue weighted by Crippen LogP contribution is 2.69. The van der Waals surface area contributed by atoms with Crippen LogP contribution >= 0.6 is 0 Å². The molecule has 8 rings (SSSR count). The normalized spacial score (nSPS) is 35.0. The second kappa shape index (κ2) is 5.28. The molecular formula is C26H26N2O3. The zero-order valence-electron chi connectivity index (χ0n) is 17.4. The summed E-state index contributed by atoms with van der Waals surface area (Å²) in [5.74, 6) is 1.58. The SMILES string of the molecule is Oc1ccc2c3c1O[C@H]1c4[nH]c5ccccc5c4C[C@@]4(O)[C@@H](C2)N(CC2CC2)CCC314. The summed E-state index contributed by atoms with van der Waals surface area (Å²) in [6, 6.07) is 12.3. The van der Waals surface area contributed by atoms with Crippen molar-refractivity contribution >= 4 is 10.9 Å². The molecule has 158 valence electrons. The van der Waals surface area contributed by atoms with E-state index in [1.807, 2.05) is 6.07 Å². The first kappa shape index (κ1) is 17.1. The minimum absolute atomic E-state index is 0.0813. The van der Waals surface area contributed by atoms with Gasteiger partial charge in [-0.3, -0.25) is 4.90 Å². The molecule has 0 radical (unpaired) electrons. The standard InChI is InChI=1S/C26H26N2O3/c29-19-8-7-15-11-20-26(30)12-17-16-3-1-2-4-18(16)27-22(17)24-25(26,21(15)23(19)31-24)9-10-28(20)13-14-5-6-14/h1-4,7-8,14,20,24,27,29-30H,5-6,9-13H2/t20-,24+,25?,26-/m1/s1. The third-order valence-electron chi connectivity index (χ3n) is 9.07. The van der Waals surface area contributed by atoms with Gasteiger partial charge in [0.05, 0.1) is 16.7 Å². The van der Waals surface area contributed by atoms with Crippen molar-refractivity contribution in [3.8, 4) is 11.5 Å². The van der Waals surface area contributed by atoms with E-state index in [-0.39, 0.29) is 17.9 Å². The number of aromatic amines is 1. The molecule has 3 aromatic rings. The van der Waals surface area contributed by atoms with E-state index >= 15 is 0 Å². The van der Waals surface area contributed by atoms with Crippen molar-refractivity contribution in [1.82, 2.24) is 9.88 Å². The smallest absolute Gasteiger partial charge is 0.166 e. The molecule has 5 heteroatoms. The van der Waals surface area contributed by atoms with E-state index in [1.165, 1.54) is 29.4 Å². The van der Waals surface area contributed by atoms with Crippen LogP contribution in [0, 0.1) is 5.92 Å². The van der Waals surface area contributed by atoms with Crippen LogP contribution in [0.2, 0.25) is 0 Å². The summed E-state index contributed by atoms with van der Waals surface area (Å²) >= 11 is 0. The lowest BCUT2D eigenvalue weighted by atomic mass is 9.49. The fourth-order valence-corrected chi connectivity index (χ4v) is 7.57. The minimum atomic E-state index is -0.908. The van der Waals surface area contributed by atoms with Gasteiger partial charge < -0.3 is 19.9 Å². The molecular weight excluding hydrogens is 388 g/mol. The van der Waals surface area contributed by atoms with Gasteiger partial charge in [0.1, 0.15) is 0 Å². The largest absolute Gasteiger partial charge is 0.504 e. The van der Waals surface area contributed by atoms with E-state index in [1.54, 1.807) is 6.07 Å². The van der Waals surface area contributed by atoms with E-state index in [2.05, 4.69) is 34.1 Å². The molecule has 1 spiro atoms. The molecule has 2 aliphatic heterocycles. The highest BCUT2D eigenvalue weighted by molar-refractivity contribution is 5.86. The molecule has 3 N–H and O–H groups in total. The number of piperidine rings is 1. The molecule has 5 nitrogen and oxygen atoms in total. The number of benzene rings is 2. The zero-order chi connectivity index (χ0) is 20.5. The van der Waals surface area contributed by atoms with E-state index in [4.69, 9.17) is 4.74 Å². The molecule has 1 saturated heterocycles. The number of nitrogens with zero attached hydrogens (tertiary/aromatic N) is 1. The highest BCUT2D eigenvalue weighted by atomic mass is 16.5. The van der Waals surface area contributed by atoms with Crippen molar-refractivity contribution in [3.63, 3.8) is 0 Å². The number of aromatic hydroxyl groups is 1. The maximum Gasteiger partial charge on any atom is 0.166 e. The van der Waals surface area contributed by atoms with Gasteiger partial charge in [-0.25, -0.2) is 0 Å². The first-order chi connectivity index (χ1) is 15.1. The number of phenols is 1. The number of H-pyrrole nitrogens is 1. The van der Waals surface area contributed by atoms with Crippen LogP contribution in [0.1, 0.15) is 47.8 Å². The Bertz CT molecular complexity index is 1280. The second-order valence-corrected chi connectivity index (χ2v) is 10.5. The third-order valence-corrected chi connectivity index (χ3v) is 9.07. The van der Waals surface area contributed by atoms with Gasteiger partial charge in [-0.15, -0.1) is 0 Å². The van der Waals surface area contributed by atoms with Gasteiger partial charge in [-0.05, 0) is 61.4 Å². The van der Waals surface area contributed by atoms with Gasteiger partial charge in [-0.1, -0.05) is 24.3 Å². The van der Waals surface area contributed by atoms with Gasteiger partial charge in [0.15, 0.2) is 17.6 Å². The van der Waals surface area contributed by atoms with Crippen LogP contribution in [0.4, 0.5) is 0 Å². The van der Waals surface area contributed by atoms with Crippen molar-refractivity contribution in [1.29, 1.82) is 0 Å². The van der Waals surface area contributed by atoms with Gasteiger partial charge in [0.25, 0.3) is 0 Å². The van der Waals surface area contributed by atoms with Crippen molar-refractivity contribution in [2.24, 2.45) is 5.92 Å². The number of aliphatic hydroxyl groups is 1. The summed E-state index contributed by atoms with van der Waals surface area (Å²) < 4.78 is 6.60. The molecule has 4 atom stereocenters. The lowest BCUT2D eigenvalue weighted by Gasteiger charge is -2.62. The minimum Gasteiger partial charge on any atom is -0.504 e. The lowest BCUT2D eigenvalue weighted by Crippen LogP contribution is -2.74. The Labute approximate surface area is 180 Å². The van der Waals surface area contributed by atoms with Gasteiger partial charge in [0, 0.05) is 35.5 Å². The van der Waals surface area contributed by atoms with Crippen molar-refractivity contribution in [2.45, 2.75) is 55.3 Å². The van der Waals surface area contributed by atoms with Crippen molar-refractivity contribution < 1.29 is 14.9 Å². The Hall–Kier alpha value is -2.50. The topological polar surface area (TPSA) is 68.7 Å². The maximum atomic E-state index is 12.7. The average molecular weight is 415 g/mol. The molecule has 1 saturated carbocycles. The Morgan fingerprint density at radius 2 is 2.03 bits per heavy atom. The van der Waals surface area contributed by atoms with Crippen LogP contribution < -0.4 is 4.74 Å². The van der Waals surface area contributed by atoms with Crippen LogP contribution in [-0.4, -0.2) is 44.8 Å². The number of likely N-dealkylation sites (tertiary alicyclic amines) is 1. The fraction of sp³-hybridized carbons (Fsp3) is 0.462. The summed E-state index contributed by atoms with van der Waals surface area (Å²) in [4.78, 5) is 6.22. The Balaban J connectivity index is 1.43. The third kappa shape index (κ3) is 1.84. The second-order valence-electron chi connectivity index (χ2n) is 10.5. The van der Waals surface area contributed by atoms with Crippen LogP contribution in [0.5, 0.6) is 11.5 Å². The van der Waals surface area contributed by atoms with Crippen LogP contribution in [0.25, 0.3) is 10.9 Å². The quantitative estimate of drug-likeness (QED) is 0.600. The highest BCUT2D eigenvalue weighted by Gasteiger charge is 2.72. The zero-order valence-corrected chi connectivity index (χ0v) is 17.4. The number of hydrogen-bond acceptors (Lipinski definition) is 4. The number of phenolic OH excluding ortho intramolecular Hbond substituents is 1. The summed E-state index contributed by atoms with van der Waals surface area (Å²) in [6.45, 7) is 2.07. The van der Waals surface area contributed by atoms with E-state index < -0.39 is 11.0 Å². The average Bonchev–Trinajstić information content (AvgIpc) is 3.40. The summed E-state index contributed by atoms with van der Waals surface area (Å²) in [5, 5.41) is 24.6. The molecule has 3 heterocycles. The van der Waals surface area contributed by atoms with Crippen molar-refractivity contribution in [3.05, 3.63) is 58.8 Å². The molecule has 0 amide bonds. The molecule has 5 aliphatic rings. The summed E-state index contributed by atoms with van der Waals surface area (Å²) in [5.41, 5.74) is 4.27. The Morgan fingerprint density at radius 1 is 1.16 bits per heavy atom. The summed E-state index contributed by atoms with van der Waals surface area (Å²) in [6.07, 6.45) is 4.66. The predicted octanol–water partition coefficient (Wildman–Crippen LogP) is 3.57. The number of para-hydroxylation sites is 1. The maximum absolute atomic E-state index is 12.7. The number of ether oxygens (including phenoxy) is 1. The Morgan fingerprint density at radius 3 is 2.90 bits per heavy atom. The number of hydrogen-bond donors (Lipinski definition) is 3. The number of rotatable bonds is 2. The number of fused-ring (bicyclic) bond motifs is 4. The summed E-state index contributed by atoms with van der Waals surface area (Å²) in [7, 11) is 0. The van der Waals surface area contributed by atoms with Crippen LogP contribution in [0.3, 0.4) is 0 Å². The molecule has 31 heavy (non-hydrogen) atoms. The van der Waals surface area contributed by atoms with Gasteiger partial charge >= 0.3 is 0 Å². The predicted molar refractivity (Wildman–Crippen MR) is 117 cm³/mol. The molecule has 2 aromatic carbocycles. The van der Waals surface area contributed by atoms with E-state index in [0.717, 1.165) is 48.6 Å². The van der Waals surface area contributed by atoms with E-state index in [9.17, 15) is 10.2 Å². The first-order valence-electron chi connectivity index (χ1n) is 11.7. The molecule has 3 aliphatic carbocycles. The van der Waals surface area contributed by atoms with Gasteiger partial charge in [-0.2, -0.15) is 0 Å². The number of aromatic nitrogens is 1. The molecule has 1 aromatic heterocycles. The van der Waals surface area contributed by atoms with Crippen molar-refractivity contribution in [2.75, 3.05) is 13.1 Å². The molecule has 2 fully saturated rings.